The highest BCUT2D eigenvalue weighted by Gasteiger charge is 2.17. The van der Waals surface area contributed by atoms with E-state index in [0.717, 1.165) is 0 Å². The highest BCUT2D eigenvalue weighted by Crippen LogP contribution is 2.20. The van der Waals surface area contributed by atoms with E-state index in [-0.39, 0.29) is 35.0 Å². The molecule has 2 N–H and O–H groups in total. The van der Waals surface area contributed by atoms with Crippen LogP contribution in [0.3, 0.4) is 0 Å². The summed E-state index contributed by atoms with van der Waals surface area (Å²) in [6.45, 7) is 1.41. The van der Waals surface area contributed by atoms with Crippen molar-refractivity contribution in [1.29, 1.82) is 0 Å². The Morgan fingerprint density at radius 1 is 0.857 bits per heavy atom. The first-order valence-electron chi connectivity index (χ1n) is 8.31. The predicted molar refractivity (Wildman–Crippen MR) is 102 cm³/mol. The predicted octanol–water partition coefficient (Wildman–Crippen LogP) is 2.40. The van der Waals surface area contributed by atoms with Crippen LogP contribution in [0.4, 0.5) is 11.4 Å². The van der Waals surface area contributed by atoms with Crippen molar-refractivity contribution in [2.75, 3.05) is 24.9 Å². The van der Waals surface area contributed by atoms with E-state index in [2.05, 4.69) is 15.4 Å². The number of carbonyl (C=O) groups excluding carboxylic acids is 4. The lowest BCUT2D eigenvalue weighted by molar-refractivity contribution is -0.116. The van der Waals surface area contributed by atoms with E-state index in [9.17, 15) is 19.2 Å². The van der Waals surface area contributed by atoms with Crippen molar-refractivity contribution in [2.45, 2.75) is 13.3 Å². The summed E-state index contributed by atoms with van der Waals surface area (Å²) >= 11 is 0. The van der Waals surface area contributed by atoms with Crippen molar-refractivity contribution < 1.29 is 28.7 Å². The number of ether oxygens (including phenoxy) is 2. The normalized spacial score (nSPS) is 9.96. The number of nitrogens with one attached hydrogen (secondary N) is 2. The van der Waals surface area contributed by atoms with Crippen molar-refractivity contribution in [3.8, 4) is 0 Å². The molecule has 2 rings (SSSR count). The van der Waals surface area contributed by atoms with Gasteiger partial charge in [0, 0.05) is 12.6 Å². The maximum atomic E-state index is 12.4. The van der Waals surface area contributed by atoms with Gasteiger partial charge in [-0.2, -0.15) is 0 Å². The van der Waals surface area contributed by atoms with Crippen LogP contribution in [0.5, 0.6) is 0 Å². The molecule has 0 fully saturated rings. The summed E-state index contributed by atoms with van der Waals surface area (Å²) in [4.78, 5) is 47.1. The van der Waals surface area contributed by atoms with Gasteiger partial charge in [-0.3, -0.25) is 9.59 Å². The van der Waals surface area contributed by atoms with Crippen LogP contribution in [0.15, 0.2) is 42.5 Å². The smallest absolute Gasteiger partial charge is 0.339 e. The molecule has 0 aromatic heterocycles. The standard InChI is InChI=1S/C20H20N2O6/c1-12(23)21-15-7-4-13(5-8-15)10-18(24)22-17-11-14(19(25)27-2)6-9-16(17)20(26)28-3/h4-9,11H,10H2,1-3H3,(H,21,23)(H,22,24). The molecule has 0 bridgehead atoms. The van der Waals surface area contributed by atoms with E-state index in [1.807, 2.05) is 0 Å². The number of esters is 2. The molecule has 0 radical (unpaired) electrons. The van der Waals surface area contributed by atoms with Gasteiger partial charge < -0.3 is 20.1 Å². The fraction of sp³-hybridized carbons (Fsp3) is 0.200. The van der Waals surface area contributed by atoms with Crippen molar-refractivity contribution in [3.63, 3.8) is 0 Å². The van der Waals surface area contributed by atoms with Crippen molar-refractivity contribution >= 4 is 35.1 Å². The molecule has 8 heteroatoms. The Kier molecular flexibility index (Phi) is 6.86. The van der Waals surface area contributed by atoms with Gasteiger partial charge in [-0.15, -0.1) is 0 Å². The van der Waals surface area contributed by atoms with Crippen LogP contribution in [0.2, 0.25) is 0 Å². The minimum Gasteiger partial charge on any atom is -0.465 e. The first-order valence-corrected chi connectivity index (χ1v) is 8.31. The molecule has 0 atom stereocenters. The number of amides is 2. The third-order valence-electron chi connectivity index (χ3n) is 3.76. The molecule has 0 spiro atoms. The summed E-state index contributed by atoms with van der Waals surface area (Å²) in [5, 5.41) is 5.26. The van der Waals surface area contributed by atoms with Crippen molar-refractivity contribution in [2.24, 2.45) is 0 Å². The molecule has 8 nitrogen and oxygen atoms in total. The van der Waals surface area contributed by atoms with E-state index in [1.165, 1.54) is 39.3 Å². The van der Waals surface area contributed by atoms with Crippen LogP contribution in [0, 0.1) is 0 Å². The number of rotatable bonds is 6. The SMILES string of the molecule is COC(=O)c1ccc(C(=O)OC)c(NC(=O)Cc2ccc(NC(C)=O)cc2)c1. The fourth-order valence-corrected chi connectivity index (χ4v) is 2.47. The zero-order valence-electron chi connectivity index (χ0n) is 15.7. The van der Waals surface area contributed by atoms with Gasteiger partial charge in [0.05, 0.1) is 37.5 Å². The summed E-state index contributed by atoms with van der Waals surface area (Å²) in [7, 11) is 2.46. The topological polar surface area (TPSA) is 111 Å². The summed E-state index contributed by atoms with van der Waals surface area (Å²) in [5.41, 5.74) is 1.77. The molecule has 146 valence electrons. The lowest BCUT2D eigenvalue weighted by Crippen LogP contribution is -2.18. The van der Waals surface area contributed by atoms with Crippen molar-refractivity contribution in [3.05, 3.63) is 59.2 Å². The quantitative estimate of drug-likeness (QED) is 0.740. The zero-order valence-corrected chi connectivity index (χ0v) is 15.7. The number of benzene rings is 2. The van der Waals surface area contributed by atoms with Gasteiger partial charge in [0.2, 0.25) is 11.8 Å². The average molecular weight is 384 g/mol. The van der Waals surface area contributed by atoms with Gasteiger partial charge >= 0.3 is 11.9 Å². The molecule has 0 aliphatic carbocycles. The van der Waals surface area contributed by atoms with Gasteiger partial charge in [0.25, 0.3) is 0 Å². The molecule has 0 aliphatic heterocycles. The fourth-order valence-electron chi connectivity index (χ4n) is 2.47. The van der Waals surface area contributed by atoms with Crippen LogP contribution in [-0.4, -0.2) is 38.0 Å². The highest BCUT2D eigenvalue weighted by molar-refractivity contribution is 6.03. The first-order chi connectivity index (χ1) is 13.3. The summed E-state index contributed by atoms with van der Waals surface area (Å²) in [6.07, 6.45) is 0.0312. The molecule has 0 saturated carbocycles. The Bertz CT molecular complexity index is 905. The number of anilines is 2. The molecule has 0 saturated heterocycles. The second kappa shape index (κ2) is 9.31. The first kappa shape index (κ1) is 20.6. The van der Waals surface area contributed by atoms with Crippen molar-refractivity contribution in [1.82, 2.24) is 0 Å². The van der Waals surface area contributed by atoms with Gasteiger partial charge in [0.1, 0.15) is 0 Å². The molecular formula is C20H20N2O6. The maximum Gasteiger partial charge on any atom is 0.339 e. The molecule has 0 unspecified atom stereocenters. The number of hydrogen-bond donors (Lipinski definition) is 2. The van der Waals surface area contributed by atoms with Crippen LogP contribution in [0.25, 0.3) is 0 Å². The Morgan fingerprint density at radius 3 is 2.07 bits per heavy atom. The van der Waals surface area contributed by atoms with E-state index in [0.29, 0.717) is 11.3 Å². The lowest BCUT2D eigenvalue weighted by atomic mass is 10.1. The Hall–Kier alpha value is -3.68. The van der Waals surface area contributed by atoms with Gasteiger partial charge in [-0.1, -0.05) is 12.1 Å². The van der Waals surface area contributed by atoms with Crippen LogP contribution >= 0.6 is 0 Å². The molecule has 0 heterocycles. The van der Waals surface area contributed by atoms with E-state index in [1.54, 1.807) is 24.3 Å². The van der Waals surface area contributed by atoms with Gasteiger partial charge in [0.15, 0.2) is 0 Å². The van der Waals surface area contributed by atoms with Gasteiger partial charge in [-0.25, -0.2) is 9.59 Å². The average Bonchev–Trinajstić information content (AvgIpc) is 2.67. The van der Waals surface area contributed by atoms with Crippen LogP contribution < -0.4 is 10.6 Å². The minimum atomic E-state index is -0.647. The highest BCUT2D eigenvalue weighted by atomic mass is 16.5. The largest absolute Gasteiger partial charge is 0.465 e. The summed E-state index contributed by atoms with van der Waals surface area (Å²) < 4.78 is 9.37. The van der Waals surface area contributed by atoms with Gasteiger partial charge in [-0.05, 0) is 35.9 Å². The molecule has 28 heavy (non-hydrogen) atoms. The molecule has 0 aliphatic rings. The third-order valence-corrected chi connectivity index (χ3v) is 3.76. The molecule has 2 aromatic rings. The van der Waals surface area contributed by atoms with E-state index >= 15 is 0 Å². The molecule has 2 aromatic carbocycles. The Labute approximate surface area is 161 Å². The van der Waals surface area contributed by atoms with E-state index in [4.69, 9.17) is 4.74 Å². The second-order valence-electron chi connectivity index (χ2n) is 5.85. The summed E-state index contributed by atoms with van der Waals surface area (Å²) in [6, 6.07) is 10.9. The Morgan fingerprint density at radius 2 is 1.50 bits per heavy atom. The number of carbonyl (C=O) groups is 4. The summed E-state index contributed by atoms with van der Waals surface area (Å²) in [5.74, 6) is -1.82. The van der Waals surface area contributed by atoms with E-state index < -0.39 is 11.9 Å². The second-order valence-corrected chi connectivity index (χ2v) is 5.85. The molecule has 2 amide bonds. The Balaban J connectivity index is 2.18. The molecular weight excluding hydrogens is 364 g/mol. The van der Waals surface area contributed by atoms with Crippen LogP contribution in [0.1, 0.15) is 33.2 Å². The zero-order chi connectivity index (χ0) is 20.7. The lowest BCUT2D eigenvalue weighted by Gasteiger charge is -2.12. The maximum absolute atomic E-state index is 12.4. The minimum absolute atomic E-state index is 0.0312. The third kappa shape index (κ3) is 5.41. The van der Waals surface area contributed by atoms with Crippen LogP contribution in [-0.2, 0) is 25.5 Å². The number of methoxy groups -OCH3 is 2. The monoisotopic (exact) mass is 384 g/mol. The number of hydrogen-bond acceptors (Lipinski definition) is 6.